The molecule has 0 rings (SSSR count). The Hall–Kier alpha value is 0.863. The number of thioether (sulfide) groups is 1. The summed E-state index contributed by atoms with van der Waals surface area (Å²) in [5.41, 5.74) is 5.33. The summed E-state index contributed by atoms with van der Waals surface area (Å²) in [6, 6.07) is 0. The molecule has 4 heteroatoms. The van der Waals surface area contributed by atoms with Crippen LogP contribution in [-0.2, 0) is 19.5 Å². The van der Waals surface area contributed by atoms with Crippen molar-refractivity contribution in [3.05, 3.63) is 0 Å². The van der Waals surface area contributed by atoms with Crippen LogP contribution in [0.1, 0.15) is 39.0 Å². The van der Waals surface area contributed by atoms with Crippen molar-refractivity contribution in [2.45, 2.75) is 39.0 Å². The summed E-state index contributed by atoms with van der Waals surface area (Å²) in [7, 11) is 0. The molecule has 0 aliphatic heterocycles. The smallest absolute Gasteiger partial charge is 0.131 e. The predicted molar refractivity (Wildman–Crippen MR) is 58.0 cm³/mol. The van der Waals surface area contributed by atoms with Crippen LogP contribution in [0.4, 0.5) is 0 Å². The van der Waals surface area contributed by atoms with Gasteiger partial charge in [-0.05, 0) is 6.42 Å². The number of hydrogen-bond donors (Lipinski definition) is 1. The molecule has 0 spiro atoms. The van der Waals surface area contributed by atoms with Gasteiger partial charge in [-0.3, -0.25) is 0 Å². The molecular weight excluding hydrogens is 240 g/mol. The Morgan fingerprint density at radius 1 is 1.25 bits per heavy atom. The Kier molecular flexibility index (Phi) is 15.2. The quantitative estimate of drug-likeness (QED) is 0.450. The third kappa shape index (κ3) is 13.5. The zero-order valence-corrected chi connectivity index (χ0v) is 12.4. The summed E-state index contributed by atoms with van der Waals surface area (Å²) >= 11 is 6.34. The Balaban J connectivity index is 0. The third-order valence-electron chi connectivity index (χ3n) is 1.49. The van der Waals surface area contributed by atoms with E-state index in [0.717, 1.165) is 5.75 Å². The average Bonchev–Trinajstić information content (AvgIpc) is 1.96. The van der Waals surface area contributed by atoms with E-state index < -0.39 is 0 Å². The molecule has 12 heavy (non-hydrogen) atoms. The molecule has 0 aromatic carbocycles. The van der Waals surface area contributed by atoms with Crippen molar-refractivity contribution < 1.29 is 19.5 Å². The van der Waals surface area contributed by atoms with Gasteiger partial charge in [0.05, 0.1) is 0 Å². The van der Waals surface area contributed by atoms with E-state index in [1.807, 2.05) is 0 Å². The first-order chi connectivity index (χ1) is 5.27. The minimum absolute atomic E-state index is 0. The molecule has 0 saturated carbocycles. The third-order valence-corrected chi connectivity index (χ3v) is 2.62. The summed E-state index contributed by atoms with van der Waals surface area (Å²) in [6.45, 7) is 2.23. The molecule has 0 aliphatic rings. The molecule has 0 aromatic rings. The van der Waals surface area contributed by atoms with Gasteiger partial charge < -0.3 is 5.73 Å². The molecule has 0 atom stereocenters. The molecule has 68 valence electrons. The van der Waals surface area contributed by atoms with Crippen molar-refractivity contribution in [2.75, 3.05) is 5.75 Å². The predicted octanol–water partition coefficient (Wildman–Crippen LogP) is 2.93. The summed E-state index contributed by atoms with van der Waals surface area (Å²) in [4.78, 5) is 0. The molecule has 1 nitrogen and oxygen atoms in total. The monoisotopic (exact) mass is 255 g/mol. The van der Waals surface area contributed by atoms with Crippen LogP contribution in [-0.4, -0.2) is 10.1 Å². The molecule has 0 heterocycles. The minimum atomic E-state index is 0. The topological polar surface area (TPSA) is 26.0 Å². The normalized spacial score (nSPS) is 9.08. The fourth-order valence-electron chi connectivity index (χ4n) is 0.878. The Morgan fingerprint density at radius 2 is 1.83 bits per heavy atom. The summed E-state index contributed by atoms with van der Waals surface area (Å²) < 4.78 is 0.584. The van der Waals surface area contributed by atoms with E-state index in [4.69, 9.17) is 18.0 Å². The average molecular weight is 257 g/mol. The second kappa shape index (κ2) is 11.9. The van der Waals surface area contributed by atoms with Crippen LogP contribution in [0.25, 0.3) is 0 Å². The van der Waals surface area contributed by atoms with Crippen molar-refractivity contribution in [1.82, 2.24) is 0 Å². The van der Waals surface area contributed by atoms with Crippen LogP contribution in [0.15, 0.2) is 0 Å². The van der Waals surface area contributed by atoms with Crippen molar-refractivity contribution >= 4 is 28.3 Å². The molecule has 2 N–H and O–H groups in total. The maximum absolute atomic E-state index is 5.33. The Labute approximate surface area is 98.0 Å². The van der Waals surface area contributed by atoms with Gasteiger partial charge in [0.2, 0.25) is 0 Å². The van der Waals surface area contributed by atoms with Gasteiger partial charge >= 0.3 is 0 Å². The van der Waals surface area contributed by atoms with Crippen LogP contribution < -0.4 is 5.73 Å². The molecule has 0 aromatic heterocycles. The molecule has 0 amide bonds. The van der Waals surface area contributed by atoms with E-state index in [0.29, 0.717) is 4.32 Å². The van der Waals surface area contributed by atoms with E-state index in [1.54, 1.807) is 11.8 Å². The van der Waals surface area contributed by atoms with E-state index in [2.05, 4.69) is 6.92 Å². The van der Waals surface area contributed by atoms with Crippen LogP contribution >= 0.6 is 24.0 Å². The zero-order valence-electron chi connectivity index (χ0n) is 7.84. The molecule has 0 radical (unpaired) electrons. The Bertz CT molecular complexity index is 109. The zero-order chi connectivity index (χ0) is 8.53. The standard InChI is InChI=1S/C8H17NS2.Zn/c1-2-3-4-5-6-7-11-8(9)10;/h2-7H2,1H3,(H2,9,10);. The molecule has 0 aliphatic carbocycles. The largest absolute Gasteiger partial charge is 0.385 e. The maximum Gasteiger partial charge on any atom is 0.131 e. The summed E-state index contributed by atoms with van der Waals surface area (Å²) in [5.74, 6) is 1.10. The fraction of sp³-hybridized carbons (Fsp3) is 0.875. The van der Waals surface area contributed by atoms with Crippen LogP contribution in [0.3, 0.4) is 0 Å². The van der Waals surface area contributed by atoms with Gasteiger partial charge in [-0.15, -0.1) is 0 Å². The summed E-state index contributed by atoms with van der Waals surface area (Å²) in [5, 5.41) is 0. The number of unbranched alkanes of at least 4 members (excludes halogenated alkanes) is 4. The SMILES string of the molecule is CCCCCCCSC(N)=S.[Zn]. The number of hydrogen-bond acceptors (Lipinski definition) is 2. The van der Waals surface area contributed by atoms with E-state index in [9.17, 15) is 0 Å². The van der Waals surface area contributed by atoms with E-state index in [1.165, 1.54) is 32.1 Å². The van der Waals surface area contributed by atoms with Gasteiger partial charge in [-0.1, -0.05) is 56.6 Å². The first-order valence-corrected chi connectivity index (χ1v) is 5.59. The fourth-order valence-corrected chi connectivity index (χ4v) is 1.68. The molecule has 0 bridgehead atoms. The maximum atomic E-state index is 5.33. The van der Waals surface area contributed by atoms with Crippen LogP contribution in [0, 0.1) is 0 Å². The van der Waals surface area contributed by atoms with Crippen molar-refractivity contribution in [2.24, 2.45) is 5.73 Å². The van der Waals surface area contributed by atoms with Gasteiger partial charge in [0, 0.05) is 25.2 Å². The molecule has 0 unspecified atom stereocenters. The van der Waals surface area contributed by atoms with Gasteiger partial charge in [0.15, 0.2) is 0 Å². The van der Waals surface area contributed by atoms with E-state index in [-0.39, 0.29) is 19.5 Å². The van der Waals surface area contributed by atoms with Gasteiger partial charge in [-0.25, -0.2) is 0 Å². The second-order valence-electron chi connectivity index (χ2n) is 2.58. The molecular formula is C8H17NS2Zn. The van der Waals surface area contributed by atoms with Crippen molar-refractivity contribution in [3.8, 4) is 0 Å². The van der Waals surface area contributed by atoms with Gasteiger partial charge in [-0.2, -0.15) is 0 Å². The van der Waals surface area contributed by atoms with E-state index >= 15 is 0 Å². The van der Waals surface area contributed by atoms with Crippen LogP contribution in [0.2, 0.25) is 0 Å². The van der Waals surface area contributed by atoms with Gasteiger partial charge in [0.1, 0.15) is 4.32 Å². The second-order valence-corrected chi connectivity index (χ2v) is 4.42. The number of rotatable bonds is 6. The minimum Gasteiger partial charge on any atom is -0.385 e. The van der Waals surface area contributed by atoms with Gasteiger partial charge in [0.25, 0.3) is 0 Å². The first-order valence-electron chi connectivity index (χ1n) is 4.19. The first kappa shape index (κ1) is 15.3. The number of thiocarbonyl (C=S) groups is 1. The molecule has 0 fully saturated rings. The molecule has 0 saturated heterocycles. The van der Waals surface area contributed by atoms with Crippen molar-refractivity contribution in [1.29, 1.82) is 0 Å². The summed E-state index contributed by atoms with van der Waals surface area (Å²) in [6.07, 6.45) is 6.60. The number of nitrogens with two attached hydrogens (primary N) is 1. The Morgan fingerprint density at radius 3 is 2.33 bits per heavy atom. The van der Waals surface area contributed by atoms with Crippen LogP contribution in [0.5, 0.6) is 0 Å². The van der Waals surface area contributed by atoms with Crippen molar-refractivity contribution in [3.63, 3.8) is 0 Å².